The summed E-state index contributed by atoms with van der Waals surface area (Å²) in [6.45, 7) is 12.2. The molecule has 0 radical (unpaired) electrons. The van der Waals surface area contributed by atoms with Crippen LogP contribution in [0.5, 0.6) is 0 Å². The van der Waals surface area contributed by atoms with E-state index in [-0.39, 0.29) is 42.5 Å². The van der Waals surface area contributed by atoms with Gasteiger partial charge in [0.25, 0.3) is 11.8 Å². The van der Waals surface area contributed by atoms with E-state index in [9.17, 15) is 47.4 Å². The standard InChI is InChI=1S/C40H55F2N7O9/c1-8-24(4)33(46-34(51)29(16-23(2)3)49(40(5,6)7)35(52)28-20-44-14-15-45-28)37(54)47-21-27(58-22-25-12-10-9-11-13-25)19-30(47)36(53)48(38(55)39(56)57)32(50)18-26(43)17-31(41)42/h9-15,20,23-24,26-27,29-31,33H,8,16-19,21-22,43H2,1-7H3,(H,46,51)(H,56,57)/t24-,26+,27+,29-,30-,33-/m0/s1. The predicted octanol–water partition coefficient (Wildman–Crippen LogP) is 3.19. The number of hydrogen-bond acceptors (Lipinski definition) is 11. The van der Waals surface area contributed by atoms with E-state index < -0.39 is 102 Å². The van der Waals surface area contributed by atoms with Crippen molar-refractivity contribution in [1.29, 1.82) is 0 Å². The van der Waals surface area contributed by atoms with Crippen molar-refractivity contribution in [1.82, 2.24) is 30.0 Å². The van der Waals surface area contributed by atoms with Gasteiger partial charge in [0.1, 0.15) is 23.8 Å². The second-order valence-corrected chi connectivity index (χ2v) is 15.9. The van der Waals surface area contributed by atoms with Crippen LogP contribution in [0.1, 0.15) is 96.6 Å². The highest BCUT2D eigenvalue weighted by molar-refractivity contribution is 6.38. The Hall–Kier alpha value is -5.23. The van der Waals surface area contributed by atoms with E-state index >= 15 is 0 Å². The van der Waals surface area contributed by atoms with E-state index in [1.165, 1.54) is 23.5 Å². The van der Waals surface area contributed by atoms with Crippen molar-refractivity contribution in [2.45, 2.75) is 129 Å². The molecule has 0 saturated carbocycles. The van der Waals surface area contributed by atoms with Crippen LogP contribution in [-0.4, -0.2) is 120 Å². The monoisotopic (exact) mass is 815 g/mol. The van der Waals surface area contributed by atoms with Crippen molar-refractivity contribution >= 4 is 41.4 Å². The molecule has 6 atom stereocenters. The zero-order valence-corrected chi connectivity index (χ0v) is 34.0. The lowest BCUT2D eigenvalue weighted by Gasteiger charge is -2.42. The normalized spacial score (nSPS) is 17.6. The maximum absolute atomic E-state index is 14.8. The Morgan fingerprint density at radius 3 is 2.22 bits per heavy atom. The fourth-order valence-electron chi connectivity index (χ4n) is 6.73. The molecule has 1 aromatic carbocycles. The summed E-state index contributed by atoms with van der Waals surface area (Å²) in [6.07, 6.45) is -1.47. The van der Waals surface area contributed by atoms with Crippen LogP contribution in [0.2, 0.25) is 0 Å². The molecule has 6 amide bonds. The van der Waals surface area contributed by atoms with Gasteiger partial charge in [-0.1, -0.05) is 64.4 Å². The van der Waals surface area contributed by atoms with Gasteiger partial charge >= 0.3 is 11.9 Å². The average Bonchev–Trinajstić information content (AvgIpc) is 3.59. The predicted molar refractivity (Wildman–Crippen MR) is 205 cm³/mol. The Labute approximate surface area is 336 Å². The molecule has 1 fully saturated rings. The first-order valence-corrected chi connectivity index (χ1v) is 19.2. The first-order chi connectivity index (χ1) is 27.2. The van der Waals surface area contributed by atoms with Crippen LogP contribution in [0.25, 0.3) is 0 Å². The number of nitrogens with two attached hydrogens (primary N) is 1. The highest BCUT2D eigenvalue weighted by Crippen LogP contribution is 2.29. The Bertz CT molecular complexity index is 1760. The Kier molecular flexibility index (Phi) is 17.0. The number of halogens is 2. The van der Waals surface area contributed by atoms with E-state index in [0.29, 0.717) is 6.42 Å². The average molecular weight is 816 g/mol. The number of aromatic nitrogens is 2. The Morgan fingerprint density at radius 2 is 1.69 bits per heavy atom. The van der Waals surface area contributed by atoms with Crippen LogP contribution < -0.4 is 11.1 Å². The highest BCUT2D eigenvalue weighted by atomic mass is 19.3. The van der Waals surface area contributed by atoms with Crippen molar-refractivity contribution in [2.24, 2.45) is 17.6 Å². The van der Waals surface area contributed by atoms with Crippen LogP contribution in [0, 0.1) is 11.8 Å². The third-order valence-corrected chi connectivity index (χ3v) is 9.74. The number of carbonyl (C=O) groups excluding carboxylic acids is 6. The molecule has 0 unspecified atom stereocenters. The zero-order valence-electron chi connectivity index (χ0n) is 34.0. The lowest BCUT2D eigenvalue weighted by molar-refractivity contribution is -0.166. The number of carboxylic acid groups (broad SMARTS) is 1. The van der Waals surface area contributed by atoms with Gasteiger partial charge in [0, 0.05) is 49.8 Å². The van der Waals surface area contributed by atoms with Crippen LogP contribution in [-0.2, 0) is 40.1 Å². The fourth-order valence-corrected chi connectivity index (χ4v) is 6.73. The van der Waals surface area contributed by atoms with E-state index in [0.717, 1.165) is 10.5 Å². The Morgan fingerprint density at radius 1 is 1.03 bits per heavy atom. The molecule has 1 aliphatic rings. The first-order valence-electron chi connectivity index (χ1n) is 19.2. The van der Waals surface area contributed by atoms with Crippen molar-refractivity contribution in [3.05, 3.63) is 60.2 Å². The number of nitrogens with zero attached hydrogens (tertiary/aromatic N) is 5. The largest absolute Gasteiger partial charge is 0.474 e. The van der Waals surface area contributed by atoms with E-state index in [2.05, 4.69) is 15.3 Å². The number of benzene rings is 1. The number of rotatable bonds is 17. The molecular weight excluding hydrogens is 760 g/mol. The molecule has 16 nitrogen and oxygen atoms in total. The molecule has 1 saturated heterocycles. The molecule has 0 bridgehead atoms. The number of imide groups is 3. The van der Waals surface area contributed by atoms with E-state index in [1.54, 1.807) is 65.0 Å². The molecule has 3 rings (SSSR count). The summed E-state index contributed by atoms with van der Waals surface area (Å²) >= 11 is 0. The summed E-state index contributed by atoms with van der Waals surface area (Å²) in [7, 11) is 0. The molecule has 1 aliphatic heterocycles. The third kappa shape index (κ3) is 12.6. The van der Waals surface area contributed by atoms with E-state index in [4.69, 9.17) is 10.5 Å². The topological polar surface area (TPSA) is 222 Å². The minimum Gasteiger partial charge on any atom is -0.474 e. The number of likely N-dealkylation sites (tertiary alicyclic amines) is 1. The van der Waals surface area contributed by atoms with Crippen LogP contribution >= 0.6 is 0 Å². The molecule has 1 aromatic heterocycles. The number of alkyl halides is 2. The number of carbonyl (C=O) groups is 7. The van der Waals surface area contributed by atoms with Gasteiger partial charge in [-0.25, -0.2) is 23.5 Å². The summed E-state index contributed by atoms with van der Waals surface area (Å²) < 4.78 is 32.2. The number of ether oxygens (including phenoxy) is 1. The SMILES string of the molecule is CC[C@H](C)[C@H](NC(=O)[C@H](CC(C)C)N(C(=O)c1cnccn1)C(C)(C)C)C(=O)N1C[C@H](OCc2ccccc2)C[C@H]1C(=O)N(C(=O)C[C@H](N)CC(F)F)C(=O)C(=O)O. The molecule has 2 aromatic rings. The second kappa shape index (κ2) is 21.0. The number of aliphatic carboxylic acids is 1. The van der Waals surface area contributed by atoms with Crippen molar-refractivity contribution in [2.75, 3.05) is 6.54 Å². The van der Waals surface area contributed by atoms with Crippen LogP contribution in [0.3, 0.4) is 0 Å². The van der Waals surface area contributed by atoms with E-state index in [1.807, 2.05) is 13.8 Å². The molecule has 2 heterocycles. The molecular formula is C40H55F2N7O9. The number of carboxylic acids is 1. The Balaban J connectivity index is 2.07. The fraction of sp³-hybridized carbons (Fsp3) is 0.575. The van der Waals surface area contributed by atoms with Gasteiger partial charge in [-0.2, -0.15) is 0 Å². The van der Waals surface area contributed by atoms with Gasteiger partial charge in [-0.15, -0.1) is 0 Å². The summed E-state index contributed by atoms with van der Waals surface area (Å²) in [5.41, 5.74) is 5.49. The van der Waals surface area contributed by atoms with Crippen molar-refractivity contribution < 1.29 is 52.2 Å². The molecule has 0 aliphatic carbocycles. The van der Waals surface area contributed by atoms with Gasteiger partial charge in [-0.05, 0) is 44.6 Å². The van der Waals surface area contributed by atoms with Crippen LogP contribution in [0.15, 0.2) is 48.9 Å². The minimum absolute atomic E-state index is 0.00123. The summed E-state index contributed by atoms with van der Waals surface area (Å²) in [4.78, 5) is 106. The van der Waals surface area contributed by atoms with Gasteiger partial charge in [-0.3, -0.25) is 33.8 Å². The number of hydrogen-bond donors (Lipinski definition) is 3. The van der Waals surface area contributed by atoms with Gasteiger partial charge in [0.2, 0.25) is 24.1 Å². The first kappa shape index (κ1) is 47.1. The van der Waals surface area contributed by atoms with Crippen LogP contribution in [0.4, 0.5) is 8.78 Å². The minimum atomic E-state index is -2.93. The van der Waals surface area contributed by atoms with Crippen molar-refractivity contribution in [3.63, 3.8) is 0 Å². The maximum Gasteiger partial charge on any atom is 0.395 e. The van der Waals surface area contributed by atoms with Gasteiger partial charge < -0.3 is 30.7 Å². The summed E-state index contributed by atoms with van der Waals surface area (Å²) in [6, 6.07) is 3.30. The van der Waals surface area contributed by atoms with Crippen molar-refractivity contribution in [3.8, 4) is 0 Å². The quantitative estimate of drug-likeness (QED) is 0.196. The molecule has 18 heteroatoms. The molecule has 0 spiro atoms. The third-order valence-electron chi connectivity index (χ3n) is 9.74. The number of amides is 6. The lowest BCUT2D eigenvalue weighted by Crippen LogP contribution is -2.62. The molecule has 58 heavy (non-hydrogen) atoms. The highest BCUT2D eigenvalue weighted by Gasteiger charge is 2.49. The summed E-state index contributed by atoms with van der Waals surface area (Å²) in [5.74, 6) is -9.73. The van der Waals surface area contributed by atoms with Gasteiger partial charge in [0.05, 0.1) is 18.9 Å². The zero-order chi connectivity index (χ0) is 43.5. The molecule has 318 valence electrons. The number of nitrogens with one attached hydrogen (secondary N) is 1. The smallest absolute Gasteiger partial charge is 0.395 e. The second-order valence-electron chi connectivity index (χ2n) is 15.9. The summed E-state index contributed by atoms with van der Waals surface area (Å²) in [5, 5.41) is 12.4. The lowest BCUT2D eigenvalue weighted by atomic mass is 9.93. The van der Waals surface area contributed by atoms with Gasteiger partial charge in [0.15, 0.2) is 0 Å². The maximum atomic E-state index is 14.8. The molecule has 4 N–H and O–H groups in total.